The third-order valence-electron chi connectivity index (χ3n) is 5.22. The first kappa shape index (κ1) is 14.1. The van der Waals surface area contributed by atoms with E-state index >= 15 is 0 Å². The Morgan fingerprint density at radius 1 is 1.33 bits per heavy atom. The quantitative estimate of drug-likeness (QED) is 0.853. The molecule has 0 radical (unpaired) electrons. The van der Waals surface area contributed by atoms with E-state index in [1.54, 1.807) is 0 Å². The highest BCUT2D eigenvalue weighted by atomic mass is 35.5. The van der Waals surface area contributed by atoms with Crippen molar-refractivity contribution in [3.05, 3.63) is 0 Å². The van der Waals surface area contributed by atoms with E-state index in [2.05, 4.69) is 5.32 Å². The summed E-state index contributed by atoms with van der Waals surface area (Å²) in [6.45, 7) is 3.22. The first-order valence-electron chi connectivity index (χ1n) is 7.17. The molecule has 1 heterocycles. The highest BCUT2D eigenvalue weighted by Gasteiger charge is 2.58. The van der Waals surface area contributed by atoms with Crippen LogP contribution in [0.25, 0.3) is 0 Å². The molecule has 0 aromatic heterocycles. The van der Waals surface area contributed by atoms with Gasteiger partial charge in [-0.2, -0.15) is 0 Å². The van der Waals surface area contributed by atoms with E-state index < -0.39 is 0 Å². The molecule has 2 saturated carbocycles. The highest BCUT2D eigenvalue weighted by molar-refractivity contribution is 5.85. The second kappa shape index (κ2) is 5.38. The molecule has 3 fully saturated rings. The fourth-order valence-corrected chi connectivity index (χ4v) is 3.59. The summed E-state index contributed by atoms with van der Waals surface area (Å²) >= 11 is 0. The van der Waals surface area contributed by atoms with Gasteiger partial charge in [0.15, 0.2) is 0 Å². The topological polar surface area (TPSA) is 32.3 Å². The molecule has 3 rings (SSSR count). The average molecular weight is 273 g/mol. The van der Waals surface area contributed by atoms with Crippen molar-refractivity contribution < 1.29 is 4.79 Å². The van der Waals surface area contributed by atoms with Gasteiger partial charge in [0.2, 0.25) is 5.91 Å². The number of nitrogens with zero attached hydrogens (tertiary/aromatic N) is 1. The molecule has 4 heteroatoms. The molecule has 0 aromatic rings. The van der Waals surface area contributed by atoms with E-state index in [1.165, 1.54) is 32.1 Å². The van der Waals surface area contributed by atoms with Gasteiger partial charge in [-0.15, -0.1) is 12.4 Å². The summed E-state index contributed by atoms with van der Waals surface area (Å²) in [7, 11) is 2.01. The molecule has 1 saturated heterocycles. The predicted molar refractivity (Wildman–Crippen MR) is 74.9 cm³/mol. The Labute approximate surface area is 116 Å². The lowest BCUT2D eigenvalue weighted by Crippen LogP contribution is -2.38. The van der Waals surface area contributed by atoms with Crippen molar-refractivity contribution in [2.75, 3.05) is 26.7 Å². The largest absolute Gasteiger partial charge is 0.345 e. The smallest absolute Gasteiger partial charge is 0.226 e. The van der Waals surface area contributed by atoms with Crippen molar-refractivity contribution in [2.24, 2.45) is 17.3 Å². The molecule has 1 N–H and O–H groups in total. The maximum atomic E-state index is 12.4. The summed E-state index contributed by atoms with van der Waals surface area (Å²) in [5.74, 6) is 1.58. The maximum absolute atomic E-state index is 12.4. The predicted octanol–water partition coefficient (Wildman–Crippen LogP) is 2.06. The number of nitrogens with one attached hydrogen (secondary N) is 1. The number of carbonyl (C=O) groups is 1. The third-order valence-corrected chi connectivity index (χ3v) is 5.22. The van der Waals surface area contributed by atoms with Crippen LogP contribution in [0.2, 0.25) is 0 Å². The van der Waals surface area contributed by atoms with Gasteiger partial charge in [-0.05, 0) is 56.5 Å². The van der Waals surface area contributed by atoms with Crippen molar-refractivity contribution >= 4 is 18.3 Å². The Kier molecular flexibility index (Phi) is 4.22. The minimum Gasteiger partial charge on any atom is -0.345 e. The third kappa shape index (κ3) is 2.53. The van der Waals surface area contributed by atoms with Crippen LogP contribution in [0, 0.1) is 17.3 Å². The van der Waals surface area contributed by atoms with Crippen LogP contribution in [0.4, 0.5) is 0 Å². The van der Waals surface area contributed by atoms with Crippen molar-refractivity contribution in [1.82, 2.24) is 10.2 Å². The summed E-state index contributed by atoms with van der Waals surface area (Å²) in [6, 6.07) is 0. The Morgan fingerprint density at radius 3 is 2.56 bits per heavy atom. The Morgan fingerprint density at radius 2 is 2.00 bits per heavy atom. The molecular weight excluding hydrogens is 248 g/mol. The lowest BCUT2D eigenvalue weighted by Gasteiger charge is -2.31. The Bertz CT molecular complexity index is 311. The first-order chi connectivity index (χ1) is 8.21. The molecule has 0 bridgehead atoms. The zero-order valence-corrected chi connectivity index (χ0v) is 12.1. The minimum atomic E-state index is 0. The van der Waals surface area contributed by atoms with E-state index in [4.69, 9.17) is 0 Å². The van der Waals surface area contributed by atoms with Crippen molar-refractivity contribution in [3.63, 3.8) is 0 Å². The van der Waals surface area contributed by atoms with Gasteiger partial charge >= 0.3 is 0 Å². The molecule has 1 unspecified atom stereocenters. The molecule has 3 nitrogen and oxygen atoms in total. The second-order valence-electron chi connectivity index (χ2n) is 6.38. The van der Waals surface area contributed by atoms with Gasteiger partial charge in [-0.3, -0.25) is 4.79 Å². The summed E-state index contributed by atoms with van der Waals surface area (Å²) in [5, 5.41) is 3.39. The second-order valence-corrected chi connectivity index (χ2v) is 6.38. The number of hydrogen-bond acceptors (Lipinski definition) is 2. The normalized spacial score (nSPS) is 29.3. The van der Waals surface area contributed by atoms with Crippen LogP contribution in [0.1, 0.15) is 38.5 Å². The first-order valence-corrected chi connectivity index (χ1v) is 7.17. The fraction of sp³-hybridized carbons (Fsp3) is 0.929. The molecule has 1 amide bonds. The molecule has 0 aromatic carbocycles. The van der Waals surface area contributed by atoms with Crippen molar-refractivity contribution in [1.29, 1.82) is 0 Å². The molecule has 2 aliphatic carbocycles. The summed E-state index contributed by atoms with van der Waals surface area (Å²) < 4.78 is 0. The zero-order chi connectivity index (χ0) is 11.9. The SMILES string of the molecule is CN(CC1CCC1)C(=O)C1CC12CCNCC2.Cl. The van der Waals surface area contributed by atoms with E-state index in [0.717, 1.165) is 32.0 Å². The van der Waals surface area contributed by atoms with Gasteiger partial charge in [0.05, 0.1) is 0 Å². The molecule has 3 aliphatic rings. The average Bonchev–Trinajstić information content (AvgIpc) is 2.97. The fourth-order valence-electron chi connectivity index (χ4n) is 3.59. The minimum absolute atomic E-state index is 0. The zero-order valence-electron chi connectivity index (χ0n) is 11.3. The Balaban J connectivity index is 0.00000120. The number of carbonyl (C=O) groups excluding carboxylic acids is 1. The molecular formula is C14H25ClN2O. The van der Waals surface area contributed by atoms with Crippen LogP contribution < -0.4 is 5.32 Å². The standard InChI is InChI=1S/C14H24N2O.ClH/c1-16(10-11-3-2-4-11)13(17)12-9-14(12)5-7-15-8-6-14;/h11-12,15H,2-10H2,1H3;1H. The van der Waals surface area contributed by atoms with Crippen LogP contribution in [-0.2, 0) is 4.79 Å². The van der Waals surface area contributed by atoms with Crippen LogP contribution in [0.3, 0.4) is 0 Å². The highest BCUT2D eigenvalue weighted by Crippen LogP contribution is 2.59. The van der Waals surface area contributed by atoms with Crippen molar-refractivity contribution in [2.45, 2.75) is 38.5 Å². The molecule has 1 atom stereocenters. The molecule has 104 valence electrons. The summed E-state index contributed by atoms with van der Waals surface area (Å²) in [5.41, 5.74) is 0.399. The summed E-state index contributed by atoms with van der Waals surface area (Å²) in [6.07, 6.45) is 7.60. The Hall–Kier alpha value is -0.280. The summed E-state index contributed by atoms with van der Waals surface area (Å²) in [4.78, 5) is 14.4. The molecule has 18 heavy (non-hydrogen) atoms. The number of rotatable bonds is 3. The van der Waals surface area contributed by atoms with E-state index in [0.29, 0.717) is 17.2 Å². The van der Waals surface area contributed by atoms with Gasteiger partial charge < -0.3 is 10.2 Å². The van der Waals surface area contributed by atoms with Gasteiger partial charge in [0.25, 0.3) is 0 Å². The van der Waals surface area contributed by atoms with Gasteiger partial charge in [0, 0.05) is 19.5 Å². The van der Waals surface area contributed by atoms with Gasteiger partial charge in [-0.25, -0.2) is 0 Å². The number of hydrogen-bond donors (Lipinski definition) is 1. The lowest BCUT2D eigenvalue weighted by molar-refractivity contribution is -0.133. The number of piperidine rings is 1. The maximum Gasteiger partial charge on any atom is 0.226 e. The number of halogens is 1. The van der Waals surface area contributed by atoms with Crippen LogP contribution in [-0.4, -0.2) is 37.5 Å². The number of amides is 1. The van der Waals surface area contributed by atoms with E-state index in [-0.39, 0.29) is 12.4 Å². The van der Waals surface area contributed by atoms with Gasteiger partial charge in [-0.1, -0.05) is 6.42 Å². The molecule has 1 aliphatic heterocycles. The van der Waals surface area contributed by atoms with E-state index in [9.17, 15) is 4.79 Å². The van der Waals surface area contributed by atoms with E-state index in [1.807, 2.05) is 11.9 Å². The van der Waals surface area contributed by atoms with Gasteiger partial charge in [0.1, 0.15) is 0 Å². The molecule has 1 spiro atoms. The lowest BCUT2D eigenvalue weighted by atomic mass is 9.85. The van der Waals surface area contributed by atoms with Crippen LogP contribution in [0.15, 0.2) is 0 Å². The van der Waals surface area contributed by atoms with Crippen molar-refractivity contribution in [3.8, 4) is 0 Å². The van der Waals surface area contributed by atoms with Crippen LogP contribution >= 0.6 is 12.4 Å². The van der Waals surface area contributed by atoms with Crippen LogP contribution in [0.5, 0.6) is 0 Å². The monoisotopic (exact) mass is 272 g/mol.